The molecular weight excluding hydrogens is 373 g/mol. The van der Waals surface area contributed by atoms with E-state index >= 15 is 0 Å². The predicted octanol–water partition coefficient (Wildman–Crippen LogP) is 3.39. The maximum absolute atomic E-state index is 13.5. The first-order valence-electron chi connectivity index (χ1n) is 10.3. The minimum absolute atomic E-state index is 0.00720. The normalized spacial score (nSPS) is 23.9. The fraction of sp³-hybridized carbons (Fsp3) is 0.500. The maximum Gasteiger partial charge on any atom is 0.276 e. The number of aromatic nitrogens is 1. The van der Waals surface area contributed by atoms with Gasteiger partial charge >= 0.3 is 0 Å². The highest BCUT2D eigenvalue weighted by atomic mass is 19.1. The molecule has 4 rings (SSSR count). The van der Waals surface area contributed by atoms with E-state index in [-0.39, 0.29) is 35.6 Å². The van der Waals surface area contributed by atoms with Crippen molar-refractivity contribution in [2.75, 3.05) is 13.1 Å². The molecule has 0 saturated carbocycles. The molecule has 2 saturated heterocycles. The standard InChI is InChI=1S/C22H26FN3O3/c1-3-5-17-12-19(24-29-17)22(28)26-13-18(15-7-9-16(23)10-8-15)21-20(26)6-4-11-25(21)14(2)27/h7-10,12,18,20-21H,3-6,11,13H2,1-2H3/t18-,20-,21-/m1/s1. The largest absolute Gasteiger partial charge is 0.361 e. The Morgan fingerprint density at radius 3 is 2.69 bits per heavy atom. The summed E-state index contributed by atoms with van der Waals surface area (Å²) in [6.45, 7) is 4.77. The van der Waals surface area contributed by atoms with Gasteiger partial charge in [0.1, 0.15) is 11.6 Å². The van der Waals surface area contributed by atoms with Crippen molar-refractivity contribution < 1.29 is 18.5 Å². The molecule has 0 spiro atoms. The van der Waals surface area contributed by atoms with Crippen molar-refractivity contribution in [3.8, 4) is 0 Å². The summed E-state index contributed by atoms with van der Waals surface area (Å²) in [7, 11) is 0. The second-order valence-corrected chi connectivity index (χ2v) is 7.96. The van der Waals surface area contributed by atoms with Crippen LogP contribution in [0, 0.1) is 5.82 Å². The summed E-state index contributed by atoms with van der Waals surface area (Å²) >= 11 is 0. The van der Waals surface area contributed by atoms with Crippen LogP contribution in [0.4, 0.5) is 4.39 Å². The van der Waals surface area contributed by atoms with Gasteiger partial charge < -0.3 is 14.3 Å². The van der Waals surface area contributed by atoms with Crippen LogP contribution in [0.5, 0.6) is 0 Å². The van der Waals surface area contributed by atoms with Crippen molar-refractivity contribution in [2.45, 2.75) is 57.5 Å². The molecule has 6 nitrogen and oxygen atoms in total. The molecule has 2 fully saturated rings. The molecule has 3 atom stereocenters. The highest BCUT2D eigenvalue weighted by Gasteiger charge is 2.50. The van der Waals surface area contributed by atoms with E-state index in [2.05, 4.69) is 5.16 Å². The number of nitrogens with zero attached hydrogens (tertiary/aromatic N) is 3. The summed E-state index contributed by atoms with van der Waals surface area (Å²) in [4.78, 5) is 29.3. The number of hydrogen-bond donors (Lipinski definition) is 0. The van der Waals surface area contributed by atoms with E-state index in [1.807, 2.05) is 16.7 Å². The van der Waals surface area contributed by atoms with Gasteiger partial charge in [-0.15, -0.1) is 0 Å². The predicted molar refractivity (Wildman–Crippen MR) is 105 cm³/mol. The summed E-state index contributed by atoms with van der Waals surface area (Å²) in [5, 5.41) is 3.98. The Hall–Kier alpha value is -2.70. The lowest BCUT2D eigenvalue weighted by atomic mass is 9.86. The number of hydrogen-bond acceptors (Lipinski definition) is 4. The van der Waals surface area contributed by atoms with Crippen molar-refractivity contribution in [2.24, 2.45) is 0 Å². The Balaban J connectivity index is 1.67. The molecule has 1 aromatic heterocycles. The van der Waals surface area contributed by atoms with Crippen molar-refractivity contribution >= 4 is 11.8 Å². The van der Waals surface area contributed by atoms with Crippen molar-refractivity contribution in [3.63, 3.8) is 0 Å². The van der Waals surface area contributed by atoms with Crippen LogP contribution in [-0.2, 0) is 11.2 Å². The summed E-state index contributed by atoms with van der Waals surface area (Å²) < 4.78 is 18.8. The highest BCUT2D eigenvalue weighted by Crippen LogP contribution is 2.40. The van der Waals surface area contributed by atoms with Crippen LogP contribution in [0.15, 0.2) is 34.9 Å². The van der Waals surface area contributed by atoms with E-state index in [9.17, 15) is 14.0 Å². The van der Waals surface area contributed by atoms with Gasteiger partial charge in [-0.25, -0.2) is 4.39 Å². The van der Waals surface area contributed by atoms with Gasteiger partial charge in [0, 0.05) is 38.4 Å². The van der Waals surface area contributed by atoms with Gasteiger partial charge in [0.15, 0.2) is 5.69 Å². The zero-order valence-electron chi connectivity index (χ0n) is 16.8. The average Bonchev–Trinajstić information content (AvgIpc) is 3.33. The van der Waals surface area contributed by atoms with Crippen LogP contribution in [0.2, 0.25) is 0 Å². The Labute approximate surface area is 169 Å². The first-order valence-corrected chi connectivity index (χ1v) is 10.3. The lowest BCUT2D eigenvalue weighted by Crippen LogP contribution is -2.53. The first kappa shape index (κ1) is 19.6. The molecule has 0 N–H and O–H groups in total. The number of carbonyl (C=O) groups excluding carboxylic acids is 2. The van der Waals surface area contributed by atoms with E-state index in [0.717, 1.165) is 31.2 Å². The molecule has 2 aliphatic heterocycles. The van der Waals surface area contributed by atoms with Crippen molar-refractivity contribution in [1.82, 2.24) is 15.0 Å². The number of carbonyl (C=O) groups is 2. The lowest BCUT2D eigenvalue weighted by molar-refractivity contribution is -0.133. The van der Waals surface area contributed by atoms with E-state index in [0.29, 0.717) is 24.5 Å². The van der Waals surface area contributed by atoms with Crippen LogP contribution in [0.25, 0.3) is 0 Å². The van der Waals surface area contributed by atoms with Crippen LogP contribution in [0.3, 0.4) is 0 Å². The zero-order chi connectivity index (χ0) is 20.5. The molecule has 1 aromatic carbocycles. The smallest absolute Gasteiger partial charge is 0.276 e. The van der Waals surface area contributed by atoms with Gasteiger partial charge in [0.2, 0.25) is 5.91 Å². The summed E-state index contributed by atoms with van der Waals surface area (Å²) in [5.74, 6) is 0.190. The number of fused-ring (bicyclic) bond motifs is 1. The highest BCUT2D eigenvalue weighted by molar-refractivity contribution is 5.93. The third-order valence-corrected chi connectivity index (χ3v) is 6.10. The second-order valence-electron chi connectivity index (χ2n) is 7.96. The fourth-order valence-electron chi connectivity index (χ4n) is 4.82. The maximum atomic E-state index is 13.5. The number of likely N-dealkylation sites (tertiary alicyclic amines) is 2. The third-order valence-electron chi connectivity index (χ3n) is 6.10. The topological polar surface area (TPSA) is 66.7 Å². The SMILES string of the molecule is CCCc1cc(C(=O)N2C[C@H](c3ccc(F)cc3)[C@@H]3[C@H]2CCCN3C(C)=O)no1. The summed E-state index contributed by atoms with van der Waals surface area (Å²) in [6, 6.07) is 7.91. The van der Waals surface area contributed by atoms with Gasteiger partial charge in [-0.1, -0.05) is 24.2 Å². The molecule has 29 heavy (non-hydrogen) atoms. The average molecular weight is 399 g/mol. The Bertz CT molecular complexity index is 895. The molecule has 0 aliphatic carbocycles. The van der Waals surface area contributed by atoms with Gasteiger partial charge in [-0.2, -0.15) is 0 Å². The molecule has 3 heterocycles. The molecule has 0 bridgehead atoms. The molecule has 2 aromatic rings. The number of piperidine rings is 1. The number of rotatable bonds is 4. The van der Waals surface area contributed by atoms with E-state index in [1.165, 1.54) is 12.1 Å². The monoisotopic (exact) mass is 399 g/mol. The Kier molecular flexibility index (Phi) is 5.39. The molecule has 2 aliphatic rings. The lowest BCUT2D eigenvalue weighted by Gasteiger charge is -2.41. The van der Waals surface area contributed by atoms with Gasteiger partial charge in [0.25, 0.3) is 5.91 Å². The van der Waals surface area contributed by atoms with Crippen molar-refractivity contribution in [3.05, 3.63) is 53.2 Å². The van der Waals surface area contributed by atoms with Crippen molar-refractivity contribution in [1.29, 1.82) is 0 Å². The van der Waals surface area contributed by atoms with Crippen LogP contribution >= 0.6 is 0 Å². The van der Waals surface area contributed by atoms with Crippen LogP contribution in [-0.4, -0.2) is 51.9 Å². The van der Waals surface area contributed by atoms with Crippen LogP contribution in [0.1, 0.15) is 60.8 Å². The van der Waals surface area contributed by atoms with Crippen LogP contribution < -0.4 is 0 Å². The Morgan fingerprint density at radius 2 is 2.00 bits per heavy atom. The number of amides is 2. The summed E-state index contributed by atoms with van der Waals surface area (Å²) in [6.07, 6.45) is 3.33. The number of aryl methyl sites for hydroxylation is 1. The minimum atomic E-state index is -0.297. The van der Waals surface area contributed by atoms with Gasteiger partial charge in [0.05, 0.1) is 12.1 Å². The van der Waals surface area contributed by atoms with E-state index in [1.54, 1.807) is 25.1 Å². The molecule has 0 radical (unpaired) electrons. The third kappa shape index (κ3) is 3.66. The van der Waals surface area contributed by atoms with E-state index < -0.39 is 0 Å². The molecular formula is C22H26FN3O3. The molecule has 154 valence electrons. The zero-order valence-corrected chi connectivity index (χ0v) is 16.8. The summed E-state index contributed by atoms with van der Waals surface area (Å²) in [5.41, 5.74) is 1.25. The second kappa shape index (κ2) is 7.97. The number of benzene rings is 1. The Morgan fingerprint density at radius 1 is 1.24 bits per heavy atom. The first-order chi connectivity index (χ1) is 14.0. The molecule has 2 amide bonds. The van der Waals surface area contributed by atoms with Gasteiger partial charge in [-0.3, -0.25) is 9.59 Å². The minimum Gasteiger partial charge on any atom is -0.361 e. The quantitative estimate of drug-likeness (QED) is 0.791. The molecule has 0 unspecified atom stereocenters. The van der Waals surface area contributed by atoms with Gasteiger partial charge in [-0.05, 0) is 37.0 Å². The molecule has 7 heteroatoms. The fourth-order valence-corrected chi connectivity index (χ4v) is 4.82. The van der Waals surface area contributed by atoms with E-state index in [4.69, 9.17) is 4.52 Å². The number of halogens is 1.